The van der Waals surface area contributed by atoms with Crippen LogP contribution in [-0.4, -0.2) is 46.3 Å². The van der Waals surface area contributed by atoms with Crippen molar-refractivity contribution in [2.75, 3.05) is 25.0 Å². The van der Waals surface area contributed by atoms with Gasteiger partial charge in [-0.2, -0.15) is 13.2 Å². The van der Waals surface area contributed by atoms with E-state index in [2.05, 4.69) is 20.6 Å². The van der Waals surface area contributed by atoms with Crippen LogP contribution in [0, 0.1) is 0 Å². The second-order valence-corrected chi connectivity index (χ2v) is 11.9. The summed E-state index contributed by atoms with van der Waals surface area (Å²) in [5, 5.41) is 7.72. The molecule has 234 valence electrons. The molecule has 0 atom stereocenters. The average Bonchev–Trinajstić information content (AvgIpc) is 3.64. The van der Waals surface area contributed by atoms with Gasteiger partial charge in [0, 0.05) is 69.0 Å². The number of piperidine rings is 1. The molecule has 1 saturated heterocycles. The average molecular weight is 636 g/mol. The third-order valence-corrected chi connectivity index (χ3v) is 8.81. The summed E-state index contributed by atoms with van der Waals surface area (Å²) >= 11 is 6.24. The molecule has 3 heterocycles. The van der Waals surface area contributed by atoms with Crippen LogP contribution in [0.2, 0.25) is 5.02 Å². The van der Waals surface area contributed by atoms with Crippen LogP contribution in [0.25, 0.3) is 32.9 Å². The highest BCUT2D eigenvalue weighted by atomic mass is 35.5. The number of rotatable bonds is 8. The number of anilines is 1. The number of fused-ring (bicyclic) bond motifs is 2. The molecule has 0 bridgehead atoms. The Kier molecular flexibility index (Phi) is 8.61. The summed E-state index contributed by atoms with van der Waals surface area (Å²) in [6, 6.07) is 15.7. The Morgan fingerprint density at radius 2 is 1.69 bits per heavy atom. The first-order valence-electron chi connectivity index (χ1n) is 15.0. The molecule has 3 aromatic carbocycles. The molecule has 5 aromatic rings. The highest BCUT2D eigenvalue weighted by Crippen LogP contribution is 2.45. The summed E-state index contributed by atoms with van der Waals surface area (Å²) in [7, 11) is 0. The molecule has 6 rings (SSSR count). The quantitative estimate of drug-likeness (QED) is 0.140. The molecule has 0 aliphatic carbocycles. The number of likely N-dealkylation sites (tertiary alicyclic amines) is 1. The molecule has 1 aliphatic heterocycles. The van der Waals surface area contributed by atoms with Crippen molar-refractivity contribution in [3.63, 3.8) is 0 Å². The number of hydrogen-bond donors (Lipinski definition) is 4. The number of halogens is 4. The van der Waals surface area contributed by atoms with Crippen molar-refractivity contribution < 1.29 is 22.8 Å². The van der Waals surface area contributed by atoms with Gasteiger partial charge < -0.3 is 20.6 Å². The molecule has 45 heavy (non-hydrogen) atoms. The van der Waals surface area contributed by atoms with E-state index in [1.54, 1.807) is 31.2 Å². The lowest BCUT2D eigenvalue weighted by molar-refractivity contribution is -0.138. The number of carbonyl (C=O) groups excluding carboxylic acids is 2. The number of aromatic nitrogens is 2. The molecule has 2 amide bonds. The molecule has 2 aromatic heterocycles. The van der Waals surface area contributed by atoms with E-state index in [0.29, 0.717) is 40.5 Å². The second kappa shape index (κ2) is 12.6. The van der Waals surface area contributed by atoms with Crippen molar-refractivity contribution in [1.29, 1.82) is 0 Å². The van der Waals surface area contributed by atoms with E-state index in [0.717, 1.165) is 23.7 Å². The lowest BCUT2D eigenvalue weighted by atomic mass is 9.89. The minimum absolute atomic E-state index is 0.0510. The molecule has 1 aliphatic rings. The second-order valence-electron chi connectivity index (χ2n) is 11.4. The van der Waals surface area contributed by atoms with Crippen molar-refractivity contribution in [2.45, 2.75) is 44.8 Å². The summed E-state index contributed by atoms with van der Waals surface area (Å²) in [5.74, 6) is -0.444. The van der Waals surface area contributed by atoms with Gasteiger partial charge in [0.1, 0.15) is 0 Å². The molecule has 7 nitrogen and oxygen atoms in total. The zero-order chi connectivity index (χ0) is 31.7. The van der Waals surface area contributed by atoms with E-state index in [1.165, 1.54) is 23.9 Å². The van der Waals surface area contributed by atoms with Crippen molar-refractivity contribution in [1.82, 2.24) is 20.2 Å². The zero-order valence-corrected chi connectivity index (χ0v) is 25.4. The number of nitrogens with one attached hydrogen (secondary N) is 4. The zero-order valence-electron chi connectivity index (χ0n) is 24.7. The number of amides is 2. The highest BCUT2D eigenvalue weighted by Gasteiger charge is 2.38. The van der Waals surface area contributed by atoms with Gasteiger partial charge in [0.2, 0.25) is 11.8 Å². The van der Waals surface area contributed by atoms with Crippen LogP contribution in [0.1, 0.15) is 48.8 Å². The van der Waals surface area contributed by atoms with Crippen molar-refractivity contribution in [3.05, 3.63) is 88.7 Å². The minimum atomic E-state index is -4.75. The predicted octanol–water partition coefficient (Wildman–Crippen LogP) is 7.83. The number of aromatic amines is 2. The van der Waals surface area contributed by atoms with E-state index in [9.17, 15) is 22.8 Å². The molecule has 1 fully saturated rings. The van der Waals surface area contributed by atoms with Crippen LogP contribution in [0.3, 0.4) is 0 Å². The largest absolute Gasteiger partial charge is 0.417 e. The van der Waals surface area contributed by atoms with Gasteiger partial charge in [-0.25, -0.2) is 0 Å². The van der Waals surface area contributed by atoms with Crippen molar-refractivity contribution in [3.8, 4) is 11.1 Å². The van der Waals surface area contributed by atoms with Crippen LogP contribution < -0.4 is 10.6 Å². The van der Waals surface area contributed by atoms with E-state index >= 15 is 0 Å². The third-order valence-electron chi connectivity index (χ3n) is 8.58. The highest BCUT2D eigenvalue weighted by molar-refractivity contribution is 6.31. The smallest absolute Gasteiger partial charge is 0.361 e. The van der Waals surface area contributed by atoms with E-state index in [-0.39, 0.29) is 42.2 Å². The summed E-state index contributed by atoms with van der Waals surface area (Å²) in [4.78, 5) is 33.7. The number of hydrogen-bond acceptors (Lipinski definition) is 3. The first kappa shape index (κ1) is 30.7. The lowest BCUT2D eigenvalue weighted by Gasteiger charge is -2.31. The fourth-order valence-corrected chi connectivity index (χ4v) is 6.52. The number of carbonyl (C=O) groups is 2. The SMILES string of the molecule is CCC(=O)NCc1ccc(NC(=O)CN2CCC(c3c[nH]c4ccc(Cl)cc34)CC2)c(-c2c[nH]c3ccccc23)c1C(F)(F)F. The topological polar surface area (TPSA) is 93.0 Å². The Hall–Kier alpha value is -4.28. The molecular weight excluding hydrogens is 603 g/mol. The maximum atomic E-state index is 14.8. The van der Waals surface area contributed by atoms with Crippen molar-refractivity contribution in [2.24, 2.45) is 0 Å². The van der Waals surface area contributed by atoms with Crippen molar-refractivity contribution >= 4 is 50.9 Å². The Labute approximate surface area is 263 Å². The molecule has 11 heteroatoms. The number of H-pyrrole nitrogens is 2. The number of alkyl halides is 3. The van der Waals surface area contributed by atoms with E-state index in [1.807, 2.05) is 29.3 Å². The van der Waals surface area contributed by atoms with Gasteiger partial charge in [-0.1, -0.05) is 42.8 Å². The third kappa shape index (κ3) is 6.43. The monoisotopic (exact) mass is 635 g/mol. The fourth-order valence-electron chi connectivity index (χ4n) is 6.35. The van der Waals surface area contributed by atoms with Gasteiger partial charge in [0.05, 0.1) is 12.1 Å². The minimum Gasteiger partial charge on any atom is -0.361 e. The Balaban J connectivity index is 1.25. The maximum Gasteiger partial charge on any atom is 0.417 e. The normalized spacial score (nSPS) is 14.7. The van der Waals surface area contributed by atoms with Crippen LogP contribution in [0.4, 0.5) is 18.9 Å². The summed E-state index contributed by atoms with van der Waals surface area (Å²) in [6.07, 6.45) is 0.624. The van der Waals surface area contributed by atoms with Crippen LogP contribution in [0.5, 0.6) is 0 Å². The number of para-hydroxylation sites is 1. The Morgan fingerprint density at radius 1 is 0.956 bits per heavy atom. The van der Waals surface area contributed by atoms with Crippen LogP contribution in [-0.2, 0) is 22.3 Å². The summed E-state index contributed by atoms with van der Waals surface area (Å²) < 4.78 is 44.5. The molecule has 0 spiro atoms. The van der Waals surface area contributed by atoms with E-state index < -0.39 is 17.6 Å². The molecule has 4 N–H and O–H groups in total. The van der Waals surface area contributed by atoms with Crippen LogP contribution in [0.15, 0.2) is 67.0 Å². The first-order valence-corrected chi connectivity index (χ1v) is 15.3. The lowest BCUT2D eigenvalue weighted by Crippen LogP contribution is -2.38. The van der Waals surface area contributed by atoms with Crippen LogP contribution >= 0.6 is 11.6 Å². The summed E-state index contributed by atoms with van der Waals surface area (Å²) in [6.45, 7) is 2.74. The van der Waals surface area contributed by atoms with Gasteiger partial charge in [-0.3, -0.25) is 14.5 Å². The maximum absolute atomic E-state index is 14.8. The van der Waals surface area contributed by atoms with Gasteiger partial charge >= 0.3 is 6.18 Å². The van der Waals surface area contributed by atoms with Gasteiger partial charge in [0.25, 0.3) is 0 Å². The molecular formula is C34H33ClF3N5O2. The molecule has 0 saturated carbocycles. The Morgan fingerprint density at radius 3 is 2.44 bits per heavy atom. The van der Waals surface area contributed by atoms with Gasteiger partial charge in [-0.15, -0.1) is 0 Å². The Bertz CT molecular complexity index is 1870. The first-order chi connectivity index (χ1) is 21.6. The predicted molar refractivity (Wildman–Crippen MR) is 171 cm³/mol. The van der Waals surface area contributed by atoms with Gasteiger partial charge in [0.15, 0.2) is 0 Å². The standard InChI is InChI=1S/C34H33ClF3N5O2/c1-2-30(44)41-16-21-7-9-29(32(33(21)34(36,37)38)26-18-40-27-6-4-3-5-23(26)27)42-31(45)19-43-13-11-20(12-14-43)25-17-39-28-10-8-22(35)15-24(25)28/h3-10,15,17-18,20,39-40H,2,11-14,16,19H2,1H3,(H,41,44)(H,42,45). The van der Waals surface area contributed by atoms with Gasteiger partial charge in [-0.05, 0) is 73.3 Å². The molecule has 0 unspecified atom stereocenters. The molecule has 0 radical (unpaired) electrons. The number of nitrogens with zero attached hydrogens (tertiary/aromatic N) is 1. The fraction of sp³-hybridized carbons (Fsp3) is 0.294. The number of benzene rings is 3. The summed E-state index contributed by atoms with van der Waals surface area (Å²) in [5.41, 5.74) is 2.18. The van der Waals surface area contributed by atoms with E-state index in [4.69, 9.17) is 11.6 Å².